The first-order valence-electron chi connectivity index (χ1n) is 5.77. The first-order valence-corrected chi connectivity index (χ1v) is 6.15. The number of aromatic nitrogens is 1. The topological polar surface area (TPSA) is 42.4 Å². The molecule has 1 aromatic heterocycles. The second-order valence-corrected chi connectivity index (χ2v) is 4.77. The van der Waals surface area contributed by atoms with E-state index in [1.165, 1.54) is 6.07 Å². The van der Waals surface area contributed by atoms with Crippen molar-refractivity contribution >= 4 is 11.6 Å². The zero-order valence-corrected chi connectivity index (χ0v) is 11.3. The Morgan fingerprint density at radius 1 is 1.26 bits per heavy atom. The predicted octanol–water partition coefficient (Wildman–Crippen LogP) is 4.03. The summed E-state index contributed by atoms with van der Waals surface area (Å²) >= 11 is 5.72. The van der Waals surface area contributed by atoms with Crippen LogP contribution in [-0.4, -0.2) is 16.2 Å². The maximum absolute atomic E-state index is 13.2. The van der Waals surface area contributed by atoms with Crippen LogP contribution in [0.2, 0.25) is 5.02 Å². The number of hydrogen-bond acceptors (Lipinski definition) is 3. The van der Waals surface area contributed by atoms with Crippen LogP contribution >= 0.6 is 11.6 Å². The number of benzene rings is 1. The summed E-state index contributed by atoms with van der Waals surface area (Å²) in [5.41, 5.74) is 1.02. The third-order valence-corrected chi connectivity index (χ3v) is 2.72. The van der Waals surface area contributed by atoms with Gasteiger partial charge in [-0.2, -0.15) is 0 Å². The van der Waals surface area contributed by atoms with Crippen molar-refractivity contribution in [2.75, 3.05) is 0 Å². The summed E-state index contributed by atoms with van der Waals surface area (Å²) in [4.78, 5) is 4.03. The van der Waals surface area contributed by atoms with Gasteiger partial charge in [0.05, 0.1) is 17.3 Å². The van der Waals surface area contributed by atoms with Crippen LogP contribution in [0.1, 0.15) is 13.8 Å². The number of ether oxygens (including phenoxy) is 1. The molecule has 0 amide bonds. The normalized spacial score (nSPS) is 10.8. The van der Waals surface area contributed by atoms with Crippen molar-refractivity contribution in [3.8, 4) is 22.6 Å². The average molecular weight is 282 g/mol. The molecule has 0 aliphatic heterocycles. The molecule has 0 atom stereocenters. The van der Waals surface area contributed by atoms with Gasteiger partial charge in [-0.05, 0) is 26.0 Å². The Morgan fingerprint density at radius 2 is 2.00 bits per heavy atom. The highest BCUT2D eigenvalue weighted by Crippen LogP contribution is 2.34. The van der Waals surface area contributed by atoms with E-state index in [1.54, 1.807) is 18.5 Å². The molecule has 1 aromatic carbocycles. The van der Waals surface area contributed by atoms with Crippen molar-refractivity contribution < 1.29 is 14.2 Å². The van der Waals surface area contributed by atoms with Crippen LogP contribution in [0.15, 0.2) is 30.6 Å². The monoisotopic (exact) mass is 281 g/mol. The Morgan fingerprint density at radius 3 is 2.68 bits per heavy atom. The second kappa shape index (κ2) is 5.45. The number of pyridine rings is 1. The van der Waals surface area contributed by atoms with E-state index in [1.807, 2.05) is 13.8 Å². The van der Waals surface area contributed by atoms with Gasteiger partial charge in [0.2, 0.25) is 0 Å². The Bertz CT molecular complexity index is 602. The van der Waals surface area contributed by atoms with Gasteiger partial charge in [-0.15, -0.1) is 0 Å². The third kappa shape index (κ3) is 3.15. The highest BCUT2D eigenvalue weighted by Gasteiger charge is 2.11. The van der Waals surface area contributed by atoms with E-state index < -0.39 is 5.82 Å². The molecule has 100 valence electrons. The molecule has 3 nitrogen and oxygen atoms in total. The average Bonchev–Trinajstić information content (AvgIpc) is 2.33. The maximum atomic E-state index is 13.2. The molecule has 2 rings (SSSR count). The van der Waals surface area contributed by atoms with Gasteiger partial charge >= 0.3 is 0 Å². The minimum Gasteiger partial charge on any atom is -0.507 e. The SMILES string of the molecule is CC(C)Oc1cncc(-c2cc(Cl)c(F)cc2O)c1. The largest absolute Gasteiger partial charge is 0.507 e. The molecule has 0 radical (unpaired) electrons. The number of halogens is 2. The molecule has 0 aliphatic carbocycles. The lowest BCUT2D eigenvalue weighted by Gasteiger charge is -2.11. The predicted molar refractivity (Wildman–Crippen MR) is 72.1 cm³/mol. The molecule has 0 saturated heterocycles. The van der Waals surface area contributed by atoms with Crippen LogP contribution in [-0.2, 0) is 0 Å². The molecule has 19 heavy (non-hydrogen) atoms. The van der Waals surface area contributed by atoms with E-state index in [4.69, 9.17) is 16.3 Å². The van der Waals surface area contributed by atoms with Gasteiger partial charge < -0.3 is 9.84 Å². The number of hydrogen-bond donors (Lipinski definition) is 1. The molecule has 5 heteroatoms. The molecular formula is C14H13ClFNO2. The van der Waals surface area contributed by atoms with Crippen molar-refractivity contribution in [3.05, 3.63) is 41.4 Å². The van der Waals surface area contributed by atoms with E-state index in [-0.39, 0.29) is 16.9 Å². The standard InChI is InChI=1S/C14H13ClFNO2/c1-8(2)19-10-3-9(6-17-7-10)11-4-12(15)13(16)5-14(11)18/h3-8,18H,1-2H3. The van der Waals surface area contributed by atoms with Crippen LogP contribution in [0.5, 0.6) is 11.5 Å². The summed E-state index contributed by atoms with van der Waals surface area (Å²) in [7, 11) is 0. The summed E-state index contributed by atoms with van der Waals surface area (Å²) in [5, 5.41) is 9.72. The van der Waals surface area contributed by atoms with Gasteiger partial charge in [0.1, 0.15) is 17.3 Å². The quantitative estimate of drug-likeness (QED) is 0.923. The zero-order chi connectivity index (χ0) is 14.0. The number of phenols is 1. The fraction of sp³-hybridized carbons (Fsp3) is 0.214. The Hall–Kier alpha value is -1.81. The maximum Gasteiger partial charge on any atom is 0.145 e. The van der Waals surface area contributed by atoms with Crippen molar-refractivity contribution in [1.29, 1.82) is 0 Å². The van der Waals surface area contributed by atoms with Crippen LogP contribution in [0.4, 0.5) is 4.39 Å². The Labute approximate surface area is 115 Å². The first-order chi connectivity index (χ1) is 8.97. The van der Waals surface area contributed by atoms with Gasteiger partial charge in [0, 0.05) is 23.4 Å². The van der Waals surface area contributed by atoms with Crippen molar-refractivity contribution in [2.24, 2.45) is 0 Å². The van der Waals surface area contributed by atoms with Crippen LogP contribution in [0.25, 0.3) is 11.1 Å². The molecule has 0 spiro atoms. The van der Waals surface area contributed by atoms with Crippen molar-refractivity contribution in [2.45, 2.75) is 20.0 Å². The summed E-state index contributed by atoms with van der Waals surface area (Å²) < 4.78 is 18.7. The first kappa shape index (κ1) is 13.6. The lowest BCUT2D eigenvalue weighted by molar-refractivity contribution is 0.241. The van der Waals surface area contributed by atoms with Crippen LogP contribution in [0, 0.1) is 5.82 Å². The number of nitrogens with zero attached hydrogens (tertiary/aromatic N) is 1. The van der Waals surface area contributed by atoms with Crippen molar-refractivity contribution in [1.82, 2.24) is 4.98 Å². The van der Waals surface area contributed by atoms with E-state index in [2.05, 4.69) is 4.98 Å². The van der Waals surface area contributed by atoms with Crippen molar-refractivity contribution in [3.63, 3.8) is 0 Å². The minimum atomic E-state index is -0.662. The number of rotatable bonds is 3. The fourth-order valence-electron chi connectivity index (χ4n) is 1.67. The molecular weight excluding hydrogens is 269 g/mol. The second-order valence-electron chi connectivity index (χ2n) is 4.36. The summed E-state index contributed by atoms with van der Waals surface area (Å²) in [6, 6.07) is 4.06. The zero-order valence-electron chi connectivity index (χ0n) is 10.5. The highest BCUT2D eigenvalue weighted by atomic mass is 35.5. The molecule has 0 saturated carbocycles. The van der Waals surface area contributed by atoms with Crippen LogP contribution < -0.4 is 4.74 Å². The molecule has 1 heterocycles. The number of aromatic hydroxyl groups is 1. The van der Waals surface area contributed by atoms with E-state index >= 15 is 0 Å². The molecule has 0 aliphatic rings. The van der Waals surface area contributed by atoms with Gasteiger partial charge in [0.15, 0.2) is 0 Å². The lowest BCUT2D eigenvalue weighted by Crippen LogP contribution is -2.05. The lowest BCUT2D eigenvalue weighted by atomic mass is 10.1. The third-order valence-electron chi connectivity index (χ3n) is 2.43. The Kier molecular flexibility index (Phi) is 3.90. The van der Waals surface area contributed by atoms with Gasteiger partial charge in [-0.3, -0.25) is 4.98 Å². The van der Waals surface area contributed by atoms with Gasteiger partial charge in [-0.25, -0.2) is 4.39 Å². The van der Waals surface area contributed by atoms with E-state index in [9.17, 15) is 9.50 Å². The Balaban J connectivity index is 2.44. The summed E-state index contributed by atoms with van der Waals surface area (Å²) in [5.74, 6) is -0.275. The van der Waals surface area contributed by atoms with E-state index in [0.717, 1.165) is 6.07 Å². The molecule has 1 N–H and O–H groups in total. The van der Waals surface area contributed by atoms with E-state index in [0.29, 0.717) is 16.9 Å². The van der Waals surface area contributed by atoms with Gasteiger partial charge in [0.25, 0.3) is 0 Å². The van der Waals surface area contributed by atoms with Gasteiger partial charge in [-0.1, -0.05) is 11.6 Å². The smallest absolute Gasteiger partial charge is 0.145 e. The highest BCUT2D eigenvalue weighted by molar-refractivity contribution is 6.31. The molecule has 0 bridgehead atoms. The number of phenolic OH excluding ortho intramolecular Hbond substituents is 1. The molecule has 0 unspecified atom stereocenters. The summed E-state index contributed by atoms with van der Waals surface area (Å²) in [6.07, 6.45) is 3.14. The minimum absolute atomic E-state index is 0.0162. The van der Waals surface area contributed by atoms with Crippen LogP contribution in [0.3, 0.4) is 0 Å². The molecule has 2 aromatic rings. The fourth-order valence-corrected chi connectivity index (χ4v) is 1.83. The summed E-state index contributed by atoms with van der Waals surface area (Å²) in [6.45, 7) is 3.80. The molecule has 0 fully saturated rings.